The fourth-order valence-electron chi connectivity index (χ4n) is 2.48. The standard InChI is InChI=1S/C25H40O2/c1-4-6-7-8-9-10-11-12-13-14-15-16-17-18-19-20-21-22-23-24(3)25(26)27-5-2/h6-7,9-10,12-13,15-16,18-19,24H,4-5,8,11,14,17,20-23H2,1-3H3. The highest BCUT2D eigenvalue weighted by Gasteiger charge is 2.12. The number of carbonyl (C=O) groups is 1. The molecule has 0 N–H and O–H groups in total. The predicted octanol–water partition coefficient (Wildman–Crippen LogP) is 7.50. The van der Waals surface area contributed by atoms with Crippen molar-refractivity contribution in [1.82, 2.24) is 0 Å². The van der Waals surface area contributed by atoms with Crippen molar-refractivity contribution in [2.45, 2.75) is 78.6 Å². The average Bonchev–Trinajstić information content (AvgIpc) is 2.67. The van der Waals surface area contributed by atoms with Gasteiger partial charge in [0, 0.05) is 0 Å². The van der Waals surface area contributed by atoms with Crippen LogP contribution in [0.4, 0.5) is 0 Å². The molecule has 0 aliphatic heterocycles. The van der Waals surface area contributed by atoms with Crippen molar-refractivity contribution in [1.29, 1.82) is 0 Å². The molecule has 1 atom stereocenters. The summed E-state index contributed by atoms with van der Waals surface area (Å²) >= 11 is 0. The number of unbranched alkanes of at least 4 members (excludes halogenated alkanes) is 2. The third-order valence-corrected chi connectivity index (χ3v) is 4.10. The largest absolute Gasteiger partial charge is 0.466 e. The van der Waals surface area contributed by atoms with Gasteiger partial charge in [0.15, 0.2) is 0 Å². The Morgan fingerprint density at radius 2 is 1.22 bits per heavy atom. The van der Waals surface area contributed by atoms with Gasteiger partial charge in [-0.2, -0.15) is 0 Å². The summed E-state index contributed by atoms with van der Waals surface area (Å²) in [6.07, 6.45) is 31.6. The molecule has 0 aliphatic carbocycles. The smallest absolute Gasteiger partial charge is 0.308 e. The zero-order chi connectivity index (χ0) is 20.0. The molecule has 27 heavy (non-hydrogen) atoms. The molecular weight excluding hydrogens is 332 g/mol. The van der Waals surface area contributed by atoms with E-state index in [1.165, 1.54) is 0 Å². The second-order valence-electron chi connectivity index (χ2n) is 6.65. The fourth-order valence-corrected chi connectivity index (χ4v) is 2.48. The van der Waals surface area contributed by atoms with E-state index >= 15 is 0 Å². The minimum atomic E-state index is -0.0626. The average molecular weight is 373 g/mol. The monoisotopic (exact) mass is 372 g/mol. The van der Waals surface area contributed by atoms with E-state index in [9.17, 15) is 4.79 Å². The van der Waals surface area contributed by atoms with Gasteiger partial charge < -0.3 is 4.74 Å². The highest BCUT2D eigenvalue weighted by atomic mass is 16.5. The Kier molecular flexibility index (Phi) is 19.1. The molecule has 0 spiro atoms. The number of esters is 1. The molecule has 0 amide bonds. The van der Waals surface area contributed by atoms with Crippen LogP contribution in [0.25, 0.3) is 0 Å². The summed E-state index contributed by atoms with van der Waals surface area (Å²) in [5, 5.41) is 0. The molecule has 0 aromatic heterocycles. The summed E-state index contributed by atoms with van der Waals surface area (Å²) in [5.74, 6) is -0.0364. The van der Waals surface area contributed by atoms with Gasteiger partial charge in [-0.15, -0.1) is 0 Å². The first-order valence-electron chi connectivity index (χ1n) is 10.6. The zero-order valence-electron chi connectivity index (χ0n) is 17.7. The van der Waals surface area contributed by atoms with E-state index in [1.54, 1.807) is 0 Å². The third kappa shape index (κ3) is 18.8. The second kappa shape index (κ2) is 20.5. The quantitative estimate of drug-likeness (QED) is 0.159. The highest BCUT2D eigenvalue weighted by molar-refractivity contribution is 5.71. The summed E-state index contributed by atoms with van der Waals surface area (Å²) in [5.41, 5.74) is 0. The van der Waals surface area contributed by atoms with Crippen LogP contribution < -0.4 is 0 Å². The minimum absolute atomic E-state index is 0.0262. The van der Waals surface area contributed by atoms with Crippen LogP contribution in [-0.4, -0.2) is 12.6 Å². The van der Waals surface area contributed by atoms with Crippen LogP contribution in [0.1, 0.15) is 78.6 Å². The first-order valence-corrected chi connectivity index (χ1v) is 10.6. The second-order valence-corrected chi connectivity index (χ2v) is 6.65. The molecule has 0 aliphatic rings. The van der Waals surface area contributed by atoms with E-state index < -0.39 is 0 Å². The molecule has 0 rings (SSSR count). The molecule has 2 nitrogen and oxygen atoms in total. The topological polar surface area (TPSA) is 26.3 Å². The highest BCUT2D eigenvalue weighted by Crippen LogP contribution is 2.11. The van der Waals surface area contributed by atoms with Crippen LogP contribution >= 0.6 is 0 Å². The predicted molar refractivity (Wildman–Crippen MR) is 119 cm³/mol. The van der Waals surface area contributed by atoms with Crippen LogP contribution in [0, 0.1) is 5.92 Å². The Labute approximate surface area is 167 Å². The lowest BCUT2D eigenvalue weighted by Crippen LogP contribution is -2.14. The van der Waals surface area contributed by atoms with Crippen molar-refractivity contribution >= 4 is 5.97 Å². The van der Waals surface area contributed by atoms with Gasteiger partial charge in [0.2, 0.25) is 0 Å². The fraction of sp³-hybridized carbons (Fsp3) is 0.560. The summed E-state index contributed by atoms with van der Waals surface area (Å²) in [6, 6.07) is 0. The molecule has 0 bridgehead atoms. The van der Waals surface area contributed by atoms with Gasteiger partial charge in [-0.3, -0.25) is 4.79 Å². The molecule has 2 heteroatoms. The van der Waals surface area contributed by atoms with Gasteiger partial charge in [-0.25, -0.2) is 0 Å². The van der Waals surface area contributed by atoms with Crippen LogP contribution in [0.15, 0.2) is 60.8 Å². The first-order chi connectivity index (χ1) is 13.2. The van der Waals surface area contributed by atoms with E-state index in [1.807, 2.05) is 13.8 Å². The number of allylic oxidation sites excluding steroid dienone is 10. The number of hydrogen-bond donors (Lipinski definition) is 0. The lowest BCUT2D eigenvalue weighted by Gasteiger charge is -2.09. The van der Waals surface area contributed by atoms with Crippen LogP contribution in [-0.2, 0) is 9.53 Å². The lowest BCUT2D eigenvalue weighted by atomic mass is 10.0. The Balaban J connectivity index is 3.54. The normalized spacial score (nSPS) is 13.7. The number of ether oxygens (including phenoxy) is 1. The Morgan fingerprint density at radius 1 is 0.741 bits per heavy atom. The van der Waals surface area contributed by atoms with E-state index in [2.05, 4.69) is 67.7 Å². The molecule has 0 heterocycles. The molecule has 1 unspecified atom stereocenters. The van der Waals surface area contributed by atoms with E-state index in [-0.39, 0.29) is 11.9 Å². The van der Waals surface area contributed by atoms with Crippen molar-refractivity contribution < 1.29 is 9.53 Å². The molecule has 0 saturated carbocycles. The Bertz CT molecular complexity index is 481. The van der Waals surface area contributed by atoms with Gasteiger partial charge in [-0.05, 0) is 58.3 Å². The van der Waals surface area contributed by atoms with Crippen LogP contribution in [0.2, 0.25) is 0 Å². The van der Waals surface area contributed by atoms with Crippen molar-refractivity contribution in [2.24, 2.45) is 5.92 Å². The lowest BCUT2D eigenvalue weighted by molar-refractivity contribution is -0.147. The Morgan fingerprint density at radius 3 is 1.70 bits per heavy atom. The molecule has 0 saturated heterocycles. The summed E-state index contributed by atoms with van der Waals surface area (Å²) in [4.78, 5) is 11.5. The van der Waals surface area contributed by atoms with E-state index in [0.717, 1.165) is 57.8 Å². The van der Waals surface area contributed by atoms with Crippen LogP contribution in [0.5, 0.6) is 0 Å². The van der Waals surface area contributed by atoms with E-state index in [0.29, 0.717) is 6.61 Å². The minimum Gasteiger partial charge on any atom is -0.466 e. The first kappa shape index (κ1) is 25.2. The molecular formula is C25H40O2. The molecule has 0 aromatic rings. The summed E-state index contributed by atoms with van der Waals surface area (Å²) in [7, 11) is 0. The SMILES string of the molecule is CCC=CCC=CCC=CCC=CCC=CCCCCC(C)C(=O)OCC. The van der Waals surface area contributed by atoms with E-state index in [4.69, 9.17) is 4.74 Å². The van der Waals surface area contributed by atoms with Crippen molar-refractivity contribution in [3.05, 3.63) is 60.8 Å². The zero-order valence-corrected chi connectivity index (χ0v) is 17.7. The van der Waals surface area contributed by atoms with Gasteiger partial charge in [0.1, 0.15) is 0 Å². The third-order valence-electron chi connectivity index (χ3n) is 4.10. The van der Waals surface area contributed by atoms with Crippen molar-refractivity contribution in [3.63, 3.8) is 0 Å². The summed E-state index contributed by atoms with van der Waals surface area (Å²) < 4.78 is 5.02. The molecule has 0 radical (unpaired) electrons. The molecule has 0 fully saturated rings. The van der Waals surface area contributed by atoms with Gasteiger partial charge in [-0.1, -0.05) is 81.0 Å². The Hall–Kier alpha value is -1.83. The van der Waals surface area contributed by atoms with Gasteiger partial charge >= 0.3 is 5.97 Å². The number of carbonyl (C=O) groups excluding carboxylic acids is 1. The number of hydrogen-bond acceptors (Lipinski definition) is 2. The van der Waals surface area contributed by atoms with Crippen molar-refractivity contribution in [3.8, 4) is 0 Å². The summed E-state index contributed by atoms with van der Waals surface area (Å²) in [6.45, 7) is 6.44. The maximum atomic E-state index is 11.5. The van der Waals surface area contributed by atoms with Crippen LogP contribution in [0.3, 0.4) is 0 Å². The molecule has 0 aromatic carbocycles. The number of rotatable bonds is 16. The maximum absolute atomic E-state index is 11.5. The van der Waals surface area contributed by atoms with Crippen molar-refractivity contribution in [2.75, 3.05) is 6.61 Å². The maximum Gasteiger partial charge on any atom is 0.308 e. The van der Waals surface area contributed by atoms with Gasteiger partial charge in [0.05, 0.1) is 12.5 Å². The molecule has 152 valence electrons. The van der Waals surface area contributed by atoms with Gasteiger partial charge in [0.25, 0.3) is 0 Å².